The van der Waals surface area contributed by atoms with Crippen LogP contribution in [0.25, 0.3) is 6.08 Å². The molecule has 0 spiro atoms. The fourth-order valence-electron chi connectivity index (χ4n) is 4.16. The Morgan fingerprint density at radius 2 is 1.79 bits per heavy atom. The molecule has 200 valence electrons. The predicted molar refractivity (Wildman–Crippen MR) is 145 cm³/mol. The molecule has 3 aromatic rings. The minimum atomic E-state index is -0.787. The molecule has 1 atom stereocenters. The molecule has 0 amide bonds. The molecule has 1 aromatic heterocycles. The van der Waals surface area contributed by atoms with Gasteiger partial charge in [-0.1, -0.05) is 29.0 Å². The Balaban J connectivity index is 1.91. The van der Waals surface area contributed by atoms with E-state index < -0.39 is 12.0 Å². The number of halogens is 1. The number of nitrogens with zero attached hydrogens (tertiary/aromatic N) is 2. The molecule has 0 bridgehead atoms. The van der Waals surface area contributed by atoms with Gasteiger partial charge in [-0.3, -0.25) is 9.36 Å². The van der Waals surface area contributed by atoms with Crippen LogP contribution in [0, 0.1) is 0 Å². The maximum atomic E-state index is 13.8. The van der Waals surface area contributed by atoms with Gasteiger partial charge in [0.25, 0.3) is 5.56 Å². The molecule has 11 heteroatoms. The number of carbonyl (C=O) groups excluding carboxylic acids is 1. The van der Waals surface area contributed by atoms with Crippen LogP contribution >= 0.6 is 22.9 Å². The molecule has 0 aliphatic carbocycles. The standard InChI is InChI=1S/C27H27ClN2O7S/c1-6-36-19-9-8-16(13-20(19)37-7-2)23-17(26(32)35-5)14-29-27-30(23)25(31)22(38-27)12-15-10-18(28)24(34-4)21(11-15)33-3/h8-14,23H,6-7H2,1-5H3/b22-12-/t23-/m1/s1. The summed E-state index contributed by atoms with van der Waals surface area (Å²) in [7, 11) is 4.29. The molecule has 0 N–H and O–H groups in total. The number of carbonyl (C=O) groups is 1. The summed E-state index contributed by atoms with van der Waals surface area (Å²) in [4.78, 5) is 31.3. The first-order chi connectivity index (χ1) is 18.4. The number of fused-ring (bicyclic) bond motifs is 1. The van der Waals surface area contributed by atoms with E-state index in [4.69, 9.17) is 35.3 Å². The lowest BCUT2D eigenvalue weighted by molar-refractivity contribution is -0.136. The number of hydrogen-bond donors (Lipinski definition) is 0. The van der Waals surface area contributed by atoms with Crippen LogP contribution in [-0.2, 0) is 9.53 Å². The van der Waals surface area contributed by atoms with Crippen LogP contribution in [0.1, 0.15) is 31.0 Å². The van der Waals surface area contributed by atoms with Crippen molar-refractivity contribution in [3.63, 3.8) is 0 Å². The van der Waals surface area contributed by atoms with Crippen molar-refractivity contribution >= 4 is 35.0 Å². The lowest BCUT2D eigenvalue weighted by Gasteiger charge is -2.23. The van der Waals surface area contributed by atoms with Crippen LogP contribution in [-0.4, -0.2) is 45.1 Å². The third kappa shape index (κ3) is 5.14. The second kappa shape index (κ2) is 11.7. The van der Waals surface area contributed by atoms with E-state index in [0.717, 1.165) is 0 Å². The van der Waals surface area contributed by atoms with E-state index in [-0.39, 0.29) is 11.1 Å². The Morgan fingerprint density at radius 1 is 1.05 bits per heavy atom. The lowest BCUT2D eigenvalue weighted by atomic mass is 9.97. The first-order valence-corrected chi connectivity index (χ1v) is 13.0. The number of aromatic nitrogens is 1. The zero-order valence-electron chi connectivity index (χ0n) is 21.6. The van der Waals surface area contributed by atoms with Crippen molar-refractivity contribution in [3.05, 3.63) is 77.9 Å². The third-order valence-electron chi connectivity index (χ3n) is 5.76. The maximum absolute atomic E-state index is 13.8. The molecule has 1 aliphatic heterocycles. The first kappa shape index (κ1) is 27.3. The molecular weight excluding hydrogens is 532 g/mol. The Labute approximate surface area is 228 Å². The molecule has 4 rings (SSSR count). The van der Waals surface area contributed by atoms with Crippen molar-refractivity contribution in [3.8, 4) is 23.0 Å². The first-order valence-electron chi connectivity index (χ1n) is 11.8. The van der Waals surface area contributed by atoms with Gasteiger partial charge < -0.3 is 23.7 Å². The van der Waals surface area contributed by atoms with Gasteiger partial charge in [0, 0.05) is 6.20 Å². The van der Waals surface area contributed by atoms with E-state index >= 15 is 0 Å². The van der Waals surface area contributed by atoms with Crippen LogP contribution in [0.5, 0.6) is 23.0 Å². The van der Waals surface area contributed by atoms with E-state index in [1.54, 1.807) is 36.4 Å². The van der Waals surface area contributed by atoms with Crippen molar-refractivity contribution in [2.45, 2.75) is 19.9 Å². The van der Waals surface area contributed by atoms with Gasteiger partial charge in [-0.25, -0.2) is 9.79 Å². The number of benzene rings is 2. The molecule has 2 aromatic carbocycles. The topological polar surface area (TPSA) is 97.6 Å². The van der Waals surface area contributed by atoms with Crippen molar-refractivity contribution in [1.29, 1.82) is 0 Å². The highest BCUT2D eigenvalue weighted by Gasteiger charge is 2.31. The SMILES string of the molecule is CCOc1ccc([C@@H]2C(C(=O)OC)=CN=c3s/c(=C\c4cc(Cl)c(OC)c(OC)c4)c(=O)n32)cc1OCC. The molecular formula is C27H27ClN2O7S. The number of hydrogen-bond acceptors (Lipinski definition) is 9. The van der Waals surface area contributed by atoms with Gasteiger partial charge in [0.1, 0.15) is 0 Å². The quantitative estimate of drug-likeness (QED) is 0.371. The van der Waals surface area contributed by atoms with Crippen LogP contribution in [0.3, 0.4) is 0 Å². The highest BCUT2D eigenvalue weighted by molar-refractivity contribution is 7.07. The van der Waals surface area contributed by atoms with Crippen LogP contribution < -0.4 is 33.8 Å². The van der Waals surface area contributed by atoms with Gasteiger partial charge >= 0.3 is 5.97 Å². The Kier molecular flexibility index (Phi) is 8.43. The normalized spacial score (nSPS) is 14.7. The monoisotopic (exact) mass is 558 g/mol. The predicted octanol–water partition coefficient (Wildman–Crippen LogP) is 3.49. The summed E-state index contributed by atoms with van der Waals surface area (Å²) in [6, 6.07) is 7.95. The molecule has 38 heavy (non-hydrogen) atoms. The third-order valence-corrected chi connectivity index (χ3v) is 7.04. The van der Waals surface area contributed by atoms with E-state index in [1.807, 2.05) is 13.8 Å². The summed E-state index contributed by atoms with van der Waals surface area (Å²) in [6.45, 7) is 4.62. The number of methoxy groups -OCH3 is 3. The minimum Gasteiger partial charge on any atom is -0.493 e. The lowest BCUT2D eigenvalue weighted by Crippen LogP contribution is -2.39. The Bertz CT molecular complexity index is 1580. The fraction of sp³-hybridized carbons (Fsp3) is 0.296. The molecule has 9 nitrogen and oxygen atoms in total. The van der Waals surface area contributed by atoms with Gasteiger partial charge in [-0.15, -0.1) is 0 Å². The van der Waals surface area contributed by atoms with Crippen molar-refractivity contribution in [2.24, 2.45) is 4.99 Å². The summed E-state index contributed by atoms with van der Waals surface area (Å²) in [6.07, 6.45) is 3.13. The minimum absolute atomic E-state index is 0.215. The summed E-state index contributed by atoms with van der Waals surface area (Å²) >= 11 is 7.56. The zero-order chi connectivity index (χ0) is 27.4. The van der Waals surface area contributed by atoms with Crippen LogP contribution in [0.15, 0.2) is 51.9 Å². The number of thiazole rings is 1. The largest absolute Gasteiger partial charge is 0.493 e. The van der Waals surface area contributed by atoms with Gasteiger partial charge in [-0.2, -0.15) is 0 Å². The van der Waals surface area contributed by atoms with Gasteiger partial charge in [0.2, 0.25) is 0 Å². The number of ether oxygens (including phenoxy) is 5. The molecule has 0 saturated heterocycles. The van der Waals surface area contributed by atoms with Gasteiger partial charge in [-0.05, 0) is 55.3 Å². The van der Waals surface area contributed by atoms with Gasteiger partial charge in [0.15, 0.2) is 27.8 Å². The van der Waals surface area contributed by atoms with Crippen LogP contribution in [0.4, 0.5) is 0 Å². The molecule has 0 saturated carbocycles. The summed E-state index contributed by atoms with van der Waals surface area (Å²) in [5.74, 6) is 1.32. The molecule has 1 aliphatic rings. The smallest absolute Gasteiger partial charge is 0.337 e. The van der Waals surface area contributed by atoms with E-state index in [0.29, 0.717) is 61.7 Å². The highest BCUT2D eigenvalue weighted by atomic mass is 35.5. The van der Waals surface area contributed by atoms with Crippen LogP contribution in [0.2, 0.25) is 5.02 Å². The van der Waals surface area contributed by atoms with Crippen molar-refractivity contribution < 1.29 is 28.5 Å². The molecule has 2 heterocycles. The van der Waals surface area contributed by atoms with E-state index in [9.17, 15) is 9.59 Å². The van der Waals surface area contributed by atoms with E-state index in [2.05, 4.69) is 4.99 Å². The van der Waals surface area contributed by atoms with Crippen molar-refractivity contribution in [2.75, 3.05) is 34.5 Å². The molecule has 0 radical (unpaired) electrons. The Hall–Kier alpha value is -3.76. The van der Waals surface area contributed by atoms with Crippen molar-refractivity contribution in [1.82, 2.24) is 4.57 Å². The maximum Gasteiger partial charge on any atom is 0.337 e. The number of rotatable bonds is 9. The zero-order valence-corrected chi connectivity index (χ0v) is 23.1. The molecule has 0 fully saturated rings. The average Bonchev–Trinajstić information content (AvgIpc) is 3.23. The second-order valence-corrected chi connectivity index (χ2v) is 9.40. The average molecular weight is 559 g/mol. The summed E-state index contributed by atoms with van der Waals surface area (Å²) < 4.78 is 29.1. The van der Waals surface area contributed by atoms with Gasteiger partial charge in [0.05, 0.1) is 55.7 Å². The Morgan fingerprint density at radius 3 is 2.45 bits per heavy atom. The molecule has 0 unspecified atom stereocenters. The summed E-state index contributed by atoms with van der Waals surface area (Å²) in [5, 5.41) is 0.342. The van der Waals surface area contributed by atoms with E-state index in [1.165, 1.54) is 43.4 Å². The number of esters is 1. The second-order valence-electron chi connectivity index (χ2n) is 7.99. The summed E-state index contributed by atoms with van der Waals surface area (Å²) in [5.41, 5.74) is 1.17. The highest BCUT2D eigenvalue weighted by Crippen LogP contribution is 2.37. The fourth-order valence-corrected chi connectivity index (χ4v) is 5.43.